The Morgan fingerprint density at radius 3 is 2.47 bits per heavy atom. The number of hydrogen-bond acceptors (Lipinski definition) is 6. The Bertz CT molecular complexity index is 1370. The average molecular weight is 541 g/mol. The fourth-order valence-corrected chi connectivity index (χ4v) is 5.19. The first-order valence-electron chi connectivity index (χ1n) is 12.3. The van der Waals surface area contributed by atoms with Gasteiger partial charge in [0.15, 0.2) is 0 Å². The highest BCUT2D eigenvalue weighted by Gasteiger charge is 2.45. The Kier molecular flexibility index (Phi) is 7.20. The molecule has 4 N–H and O–H groups in total. The number of nitrogens with zero attached hydrogens (tertiary/aromatic N) is 2. The van der Waals surface area contributed by atoms with Crippen molar-refractivity contribution in [3.63, 3.8) is 0 Å². The summed E-state index contributed by atoms with van der Waals surface area (Å²) in [5.41, 5.74) is 11.5. The standard InChI is InChI=1S/C28H32N4O5.ClH/c1-27(2,3)37-26(35)32-14-28(29,15-32)12-22-23(25(33)34)19-10-7-17-13-30-21(11-20(17)24(19)31-22)16-5-8-18(36-4)9-6-16;/h5-6,8-9,11,13,31H,7,10,12,14-15,29H2,1-4H3,(H,33,34);1H. The van der Waals surface area contributed by atoms with Crippen LogP contribution in [0.25, 0.3) is 22.5 Å². The fourth-order valence-electron chi connectivity index (χ4n) is 5.19. The van der Waals surface area contributed by atoms with Crippen molar-refractivity contribution in [2.75, 3.05) is 20.2 Å². The molecule has 1 saturated heterocycles. The largest absolute Gasteiger partial charge is 0.497 e. The predicted molar refractivity (Wildman–Crippen MR) is 146 cm³/mol. The van der Waals surface area contributed by atoms with E-state index in [0.717, 1.165) is 39.4 Å². The van der Waals surface area contributed by atoms with E-state index in [9.17, 15) is 14.7 Å². The van der Waals surface area contributed by atoms with Gasteiger partial charge in [0.25, 0.3) is 0 Å². The smallest absolute Gasteiger partial charge is 0.410 e. The molecule has 0 saturated carbocycles. The lowest BCUT2D eigenvalue weighted by atomic mass is 9.84. The van der Waals surface area contributed by atoms with E-state index in [1.807, 2.05) is 57.3 Å². The van der Waals surface area contributed by atoms with Crippen molar-refractivity contribution in [1.29, 1.82) is 0 Å². The van der Waals surface area contributed by atoms with Gasteiger partial charge in [0, 0.05) is 42.5 Å². The van der Waals surface area contributed by atoms with Crippen LogP contribution in [0.3, 0.4) is 0 Å². The van der Waals surface area contributed by atoms with Gasteiger partial charge in [0.1, 0.15) is 11.4 Å². The van der Waals surface area contributed by atoms with Crippen molar-refractivity contribution in [3.05, 3.63) is 58.9 Å². The van der Waals surface area contributed by atoms with E-state index in [0.29, 0.717) is 38.0 Å². The number of benzene rings is 1. The summed E-state index contributed by atoms with van der Waals surface area (Å²) in [7, 11) is 1.63. The molecule has 38 heavy (non-hydrogen) atoms. The van der Waals surface area contributed by atoms with Gasteiger partial charge >= 0.3 is 12.1 Å². The number of aryl methyl sites for hydroxylation is 1. The minimum absolute atomic E-state index is 0. The lowest BCUT2D eigenvalue weighted by Gasteiger charge is -2.47. The molecule has 0 radical (unpaired) electrons. The van der Waals surface area contributed by atoms with E-state index in [4.69, 9.17) is 15.2 Å². The van der Waals surface area contributed by atoms with E-state index in [1.165, 1.54) is 0 Å². The number of carboxylic acid groups (broad SMARTS) is 1. The Morgan fingerprint density at radius 1 is 1.18 bits per heavy atom. The van der Waals surface area contributed by atoms with Crippen LogP contribution in [0.4, 0.5) is 4.79 Å². The van der Waals surface area contributed by atoms with E-state index in [-0.39, 0.29) is 18.0 Å². The summed E-state index contributed by atoms with van der Waals surface area (Å²) in [4.78, 5) is 34.3. The molecule has 0 unspecified atom stereocenters. The van der Waals surface area contributed by atoms with Gasteiger partial charge < -0.3 is 30.2 Å². The number of fused-ring (bicyclic) bond motifs is 3. The molecule has 1 aliphatic carbocycles. The molecule has 9 nitrogen and oxygen atoms in total. The van der Waals surface area contributed by atoms with E-state index >= 15 is 0 Å². The summed E-state index contributed by atoms with van der Waals surface area (Å²) in [6.07, 6.45) is 3.08. The van der Waals surface area contributed by atoms with Gasteiger partial charge in [-0.05, 0) is 75.1 Å². The number of methoxy groups -OCH3 is 1. The third-order valence-corrected chi connectivity index (χ3v) is 6.87. The number of pyridine rings is 1. The van der Waals surface area contributed by atoms with Crippen LogP contribution >= 0.6 is 12.4 Å². The first-order chi connectivity index (χ1) is 17.5. The third kappa shape index (κ3) is 5.21. The summed E-state index contributed by atoms with van der Waals surface area (Å²) in [6, 6.07) is 9.68. The SMILES string of the molecule is COc1ccc(-c2cc3c(cn2)CCc2c-3[nH]c(CC3(N)CN(C(=O)OC(C)(C)C)C3)c2C(=O)O)cc1.Cl. The topological polar surface area (TPSA) is 131 Å². The van der Waals surface area contributed by atoms with Crippen LogP contribution in [0.2, 0.25) is 0 Å². The fraction of sp³-hybridized carbons (Fsp3) is 0.393. The number of nitrogens with two attached hydrogens (primary N) is 1. The molecule has 10 heteroatoms. The number of nitrogens with one attached hydrogen (secondary N) is 1. The number of amides is 1. The number of ether oxygens (including phenoxy) is 2. The molecular formula is C28H33ClN4O5. The molecule has 0 atom stereocenters. The molecule has 1 aromatic carbocycles. The normalized spacial score (nSPS) is 15.4. The van der Waals surface area contributed by atoms with Crippen LogP contribution in [0.5, 0.6) is 5.75 Å². The number of carboxylic acids is 1. The highest BCUT2D eigenvalue weighted by molar-refractivity contribution is 5.95. The second kappa shape index (κ2) is 9.96. The molecule has 2 aromatic heterocycles. The van der Waals surface area contributed by atoms with E-state index in [1.54, 1.807) is 12.0 Å². The van der Waals surface area contributed by atoms with Gasteiger partial charge in [0.2, 0.25) is 0 Å². The zero-order chi connectivity index (χ0) is 26.5. The summed E-state index contributed by atoms with van der Waals surface area (Å²) in [6.45, 7) is 6.04. The number of H-pyrrole nitrogens is 1. The van der Waals surface area contributed by atoms with Crippen LogP contribution in [-0.4, -0.2) is 63.4 Å². The van der Waals surface area contributed by atoms with Crippen LogP contribution in [-0.2, 0) is 24.0 Å². The van der Waals surface area contributed by atoms with Gasteiger partial charge in [-0.2, -0.15) is 0 Å². The zero-order valence-corrected chi connectivity index (χ0v) is 22.8. The number of carbonyl (C=O) groups excluding carboxylic acids is 1. The second-order valence-electron chi connectivity index (χ2n) is 11.0. The van der Waals surface area contributed by atoms with Crippen molar-refractivity contribution >= 4 is 24.5 Å². The van der Waals surface area contributed by atoms with E-state index in [2.05, 4.69) is 9.97 Å². The monoisotopic (exact) mass is 540 g/mol. The van der Waals surface area contributed by atoms with Crippen LogP contribution < -0.4 is 10.5 Å². The number of halogens is 1. The van der Waals surface area contributed by atoms with Crippen molar-refractivity contribution < 1.29 is 24.2 Å². The number of aromatic carboxylic acids is 1. The quantitative estimate of drug-likeness (QED) is 0.435. The molecule has 5 rings (SSSR count). The number of carbonyl (C=O) groups is 2. The molecule has 0 spiro atoms. The highest BCUT2D eigenvalue weighted by Crippen LogP contribution is 2.39. The molecule has 1 aliphatic heterocycles. The molecule has 1 amide bonds. The van der Waals surface area contributed by atoms with Gasteiger partial charge in [-0.1, -0.05) is 0 Å². The molecule has 3 aromatic rings. The molecule has 0 bridgehead atoms. The number of aromatic nitrogens is 2. The Labute approximate surface area is 227 Å². The first-order valence-corrected chi connectivity index (χ1v) is 12.3. The number of rotatable bonds is 5. The maximum absolute atomic E-state index is 12.4. The minimum atomic E-state index is -0.979. The maximum Gasteiger partial charge on any atom is 0.410 e. The lowest BCUT2D eigenvalue weighted by Crippen LogP contribution is -2.70. The summed E-state index contributed by atoms with van der Waals surface area (Å²) >= 11 is 0. The van der Waals surface area contributed by atoms with Crippen LogP contribution in [0.1, 0.15) is 48.0 Å². The first kappa shape index (κ1) is 27.5. The number of hydrogen-bond donors (Lipinski definition) is 3. The van der Waals surface area contributed by atoms with Gasteiger partial charge in [-0.15, -0.1) is 12.4 Å². The second-order valence-corrected chi connectivity index (χ2v) is 11.0. The molecule has 1 fully saturated rings. The molecule has 202 valence electrons. The summed E-state index contributed by atoms with van der Waals surface area (Å²) in [5.74, 6) is -0.214. The van der Waals surface area contributed by atoms with E-state index < -0.39 is 23.2 Å². The highest BCUT2D eigenvalue weighted by atomic mass is 35.5. The van der Waals surface area contributed by atoms with Crippen molar-refractivity contribution in [1.82, 2.24) is 14.9 Å². The average Bonchev–Trinajstić information content (AvgIpc) is 3.19. The predicted octanol–water partition coefficient (Wildman–Crippen LogP) is 4.46. The summed E-state index contributed by atoms with van der Waals surface area (Å²) < 4.78 is 10.7. The molecule has 2 aliphatic rings. The van der Waals surface area contributed by atoms with Crippen molar-refractivity contribution in [2.45, 2.75) is 51.2 Å². The zero-order valence-electron chi connectivity index (χ0n) is 22.0. The van der Waals surface area contributed by atoms with Gasteiger partial charge in [0.05, 0.1) is 29.6 Å². The minimum Gasteiger partial charge on any atom is -0.497 e. The molecular weight excluding hydrogens is 508 g/mol. The van der Waals surface area contributed by atoms with Crippen molar-refractivity contribution in [3.8, 4) is 28.3 Å². The van der Waals surface area contributed by atoms with Gasteiger partial charge in [-0.3, -0.25) is 4.98 Å². The third-order valence-electron chi connectivity index (χ3n) is 6.87. The van der Waals surface area contributed by atoms with Crippen molar-refractivity contribution in [2.24, 2.45) is 5.73 Å². The maximum atomic E-state index is 12.4. The summed E-state index contributed by atoms with van der Waals surface area (Å²) in [5, 5.41) is 10.1. The Hall–Kier alpha value is -3.56. The van der Waals surface area contributed by atoms with Crippen LogP contribution in [0.15, 0.2) is 36.5 Å². The van der Waals surface area contributed by atoms with Crippen LogP contribution in [0, 0.1) is 0 Å². The Balaban J connectivity index is 0.00000336. The number of likely N-dealkylation sites (tertiary alicyclic amines) is 1. The lowest BCUT2D eigenvalue weighted by molar-refractivity contribution is -0.00813. The van der Waals surface area contributed by atoms with Gasteiger partial charge in [-0.25, -0.2) is 9.59 Å². The Morgan fingerprint density at radius 2 is 1.87 bits per heavy atom. The number of aromatic amines is 1. The molecule has 3 heterocycles.